The third-order valence-corrected chi connectivity index (χ3v) is 3.88. The van der Waals surface area contributed by atoms with Gasteiger partial charge in [0, 0.05) is 17.1 Å². The summed E-state index contributed by atoms with van der Waals surface area (Å²) < 4.78 is 6.10. The molecule has 0 aliphatic heterocycles. The summed E-state index contributed by atoms with van der Waals surface area (Å²) in [7, 11) is 1.94. The number of hydrogen-bond acceptors (Lipinski definition) is 3. The van der Waals surface area contributed by atoms with Gasteiger partial charge >= 0.3 is 0 Å². The molecule has 0 fully saturated rings. The largest absolute Gasteiger partial charge is 0.457 e. The zero-order valence-corrected chi connectivity index (χ0v) is 12.0. The molecule has 1 aromatic carbocycles. The molecule has 0 spiro atoms. The molecule has 1 atom stereocenters. The van der Waals surface area contributed by atoms with Gasteiger partial charge in [0.2, 0.25) is 0 Å². The Morgan fingerprint density at radius 2 is 2.05 bits per heavy atom. The van der Waals surface area contributed by atoms with Crippen molar-refractivity contribution in [2.75, 3.05) is 7.05 Å². The van der Waals surface area contributed by atoms with Gasteiger partial charge in [-0.15, -0.1) is 0 Å². The minimum atomic E-state index is 0.0704. The lowest BCUT2D eigenvalue weighted by Gasteiger charge is -2.17. The summed E-state index contributed by atoms with van der Waals surface area (Å²) in [4.78, 5) is 4.40. The molecule has 1 N–H and O–H groups in total. The normalized spacial score (nSPS) is 12.7. The molecule has 3 rings (SSSR count). The van der Waals surface area contributed by atoms with Crippen molar-refractivity contribution < 1.29 is 4.42 Å². The van der Waals surface area contributed by atoms with Crippen molar-refractivity contribution in [3.8, 4) is 0 Å². The molecule has 0 bridgehead atoms. The van der Waals surface area contributed by atoms with Crippen LogP contribution in [-0.4, -0.2) is 12.0 Å². The Bertz CT molecular complexity index is 703. The lowest BCUT2D eigenvalue weighted by atomic mass is 9.97. The Labute approximate surface area is 119 Å². The minimum absolute atomic E-state index is 0.0704. The standard InChI is InChI=1S/C15H13BrN2O/c1-17-14(12-7-9-19-15(12)16)11-4-2-6-13-10(11)5-3-8-18-13/h2-9,14,17H,1H3. The van der Waals surface area contributed by atoms with Crippen molar-refractivity contribution in [2.45, 2.75) is 6.04 Å². The smallest absolute Gasteiger partial charge is 0.174 e. The van der Waals surface area contributed by atoms with Gasteiger partial charge in [0.25, 0.3) is 0 Å². The molecule has 3 nitrogen and oxygen atoms in total. The lowest BCUT2D eigenvalue weighted by molar-refractivity contribution is 0.530. The summed E-state index contributed by atoms with van der Waals surface area (Å²) in [5.74, 6) is 0. The SMILES string of the molecule is CNC(c1ccoc1Br)c1cccc2ncccc12. The van der Waals surface area contributed by atoms with Crippen LogP contribution in [0.4, 0.5) is 0 Å². The predicted molar refractivity (Wildman–Crippen MR) is 79.1 cm³/mol. The van der Waals surface area contributed by atoms with Gasteiger partial charge in [-0.1, -0.05) is 18.2 Å². The zero-order valence-electron chi connectivity index (χ0n) is 10.4. The van der Waals surface area contributed by atoms with Crippen molar-refractivity contribution in [3.05, 3.63) is 64.7 Å². The van der Waals surface area contributed by atoms with Gasteiger partial charge in [0.05, 0.1) is 17.8 Å². The maximum Gasteiger partial charge on any atom is 0.174 e. The number of nitrogens with one attached hydrogen (secondary N) is 1. The lowest BCUT2D eigenvalue weighted by Crippen LogP contribution is -2.17. The topological polar surface area (TPSA) is 38.1 Å². The van der Waals surface area contributed by atoms with E-state index in [2.05, 4.69) is 38.4 Å². The highest BCUT2D eigenvalue weighted by molar-refractivity contribution is 9.10. The Morgan fingerprint density at radius 1 is 1.16 bits per heavy atom. The number of nitrogens with zero attached hydrogens (tertiary/aromatic N) is 1. The molecule has 0 aliphatic rings. The second-order valence-electron chi connectivity index (χ2n) is 4.29. The minimum Gasteiger partial charge on any atom is -0.457 e. The van der Waals surface area contributed by atoms with Crippen LogP contribution in [0.15, 0.2) is 57.9 Å². The van der Waals surface area contributed by atoms with Gasteiger partial charge in [-0.2, -0.15) is 0 Å². The second-order valence-corrected chi connectivity index (χ2v) is 5.01. The van der Waals surface area contributed by atoms with Gasteiger partial charge in [-0.3, -0.25) is 4.98 Å². The van der Waals surface area contributed by atoms with Crippen LogP contribution in [0.1, 0.15) is 17.2 Å². The number of furan rings is 1. The summed E-state index contributed by atoms with van der Waals surface area (Å²) in [6.45, 7) is 0. The van der Waals surface area contributed by atoms with Crippen LogP contribution in [0, 0.1) is 0 Å². The average Bonchev–Trinajstić information content (AvgIpc) is 2.86. The number of rotatable bonds is 3. The van der Waals surface area contributed by atoms with E-state index in [0.717, 1.165) is 21.1 Å². The molecular formula is C15H13BrN2O. The Morgan fingerprint density at radius 3 is 2.79 bits per heavy atom. The fourth-order valence-corrected chi connectivity index (χ4v) is 2.84. The summed E-state index contributed by atoms with van der Waals surface area (Å²) in [5, 5.41) is 4.49. The van der Waals surface area contributed by atoms with Crippen LogP contribution in [0.2, 0.25) is 0 Å². The van der Waals surface area contributed by atoms with E-state index in [4.69, 9.17) is 4.42 Å². The third-order valence-electron chi connectivity index (χ3n) is 3.24. The first-order valence-electron chi connectivity index (χ1n) is 6.05. The number of hydrogen-bond donors (Lipinski definition) is 1. The highest BCUT2D eigenvalue weighted by atomic mass is 79.9. The third kappa shape index (κ3) is 2.17. The number of pyridine rings is 1. The number of fused-ring (bicyclic) bond motifs is 1. The van der Waals surface area contributed by atoms with E-state index in [0.29, 0.717) is 0 Å². The summed E-state index contributed by atoms with van der Waals surface area (Å²) in [6, 6.07) is 12.3. The van der Waals surface area contributed by atoms with E-state index >= 15 is 0 Å². The van der Waals surface area contributed by atoms with Crippen LogP contribution in [0.25, 0.3) is 10.9 Å². The molecule has 1 unspecified atom stereocenters. The molecule has 0 amide bonds. The van der Waals surface area contributed by atoms with Crippen LogP contribution in [-0.2, 0) is 0 Å². The Kier molecular flexibility index (Phi) is 3.36. The first kappa shape index (κ1) is 12.4. The maximum absolute atomic E-state index is 5.34. The quantitative estimate of drug-likeness (QED) is 0.796. The number of benzene rings is 1. The highest BCUT2D eigenvalue weighted by Gasteiger charge is 2.19. The Hall–Kier alpha value is -1.65. The van der Waals surface area contributed by atoms with Crippen molar-refractivity contribution in [2.24, 2.45) is 0 Å². The first-order chi connectivity index (χ1) is 9.31. The van der Waals surface area contributed by atoms with E-state index in [9.17, 15) is 0 Å². The zero-order chi connectivity index (χ0) is 13.2. The molecule has 19 heavy (non-hydrogen) atoms. The van der Waals surface area contributed by atoms with E-state index < -0.39 is 0 Å². The van der Waals surface area contributed by atoms with Crippen molar-refractivity contribution in [1.29, 1.82) is 0 Å². The van der Waals surface area contributed by atoms with Crippen LogP contribution < -0.4 is 5.32 Å². The summed E-state index contributed by atoms with van der Waals surface area (Å²) in [6.07, 6.45) is 3.50. The molecule has 4 heteroatoms. The number of aromatic nitrogens is 1. The van der Waals surface area contributed by atoms with Crippen molar-refractivity contribution in [3.63, 3.8) is 0 Å². The van der Waals surface area contributed by atoms with Crippen molar-refractivity contribution in [1.82, 2.24) is 10.3 Å². The second kappa shape index (κ2) is 5.15. The van der Waals surface area contributed by atoms with Gasteiger partial charge in [-0.25, -0.2) is 0 Å². The molecule has 0 radical (unpaired) electrons. The fraction of sp³-hybridized carbons (Fsp3) is 0.133. The molecular weight excluding hydrogens is 304 g/mol. The van der Waals surface area contributed by atoms with Gasteiger partial charge in [-0.05, 0) is 46.7 Å². The molecule has 0 saturated heterocycles. The van der Waals surface area contributed by atoms with Gasteiger partial charge in [0.1, 0.15) is 0 Å². The number of halogens is 1. The van der Waals surface area contributed by atoms with Crippen LogP contribution in [0.5, 0.6) is 0 Å². The van der Waals surface area contributed by atoms with E-state index in [1.807, 2.05) is 37.5 Å². The van der Waals surface area contributed by atoms with Crippen LogP contribution in [0.3, 0.4) is 0 Å². The molecule has 0 aliphatic carbocycles. The average molecular weight is 317 g/mol. The van der Waals surface area contributed by atoms with Gasteiger partial charge < -0.3 is 9.73 Å². The summed E-state index contributed by atoms with van der Waals surface area (Å²) in [5.41, 5.74) is 3.27. The van der Waals surface area contributed by atoms with Crippen LogP contribution >= 0.6 is 15.9 Å². The fourth-order valence-electron chi connectivity index (χ4n) is 2.37. The Balaban J connectivity index is 2.20. The molecule has 96 valence electrons. The first-order valence-corrected chi connectivity index (χ1v) is 6.84. The summed E-state index contributed by atoms with van der Waals surface area (Å²) >= 11 is 3.45. The van der Waals surface area contributed by atoms with Gasteiger partial charge in [0.15, 0.2) is 4.67 Å². The predicted octanol–water partition coefficient (Wildman–Crippen LogP) is 3.90. The molecule has 0 saturated carbocycles. The van der Waals surface area contributed by atoms with Crippen molar-refractivity contribution >= 4 is 26.8 Å². The van der Waals surface area contributed by atoms with E-state index in [1.165, 1.54) is 5.56 Å². The highest BCUT2D eigenvalue weighted by Crippen LogP contribution is 2.32. The monoisotopic (exact) mass is 316 g/mol. The molecule has 2 aromatic heterocycles. The molecule has 3 aromatic rings. The maximum atomic E-state index is 5.34. The van der Waals surface area contributed by atoms with E-state index in [1.54, 1.807) is 6.26 Å². The molecule has 2 heterocycles. The van der Waals surface area contributed by atoms with E-state index in [-0.39, 0.29) is 6.04 Å².